The molecule has 1 aliphatic rings. The largest absolute Gasteiger partial charge is 0.0654 e. The van der Waals surface area contributed by atoms with Gasteiger partial charge in [-0.05, 0) is 0 Å². The van der Waals surface area contributed by atoms with E-state index in [1.807, 2.05) is 0 Å². The van der Waals surface area contributed by atoms with Crippen LogP contribution in [0.5, 0.6) is 0 Å². The summed E-state index contributed by atoms with van der Waals surface area (Å²) in [6.07, 6.45) is 26.4. The molecule has 0 radical (unpaired) electrons. The first-order chi connectivity index (χ1) is 9.91. The molecule has 0 unspecified atom stereocenters. The number of hydrogen-bond acceptors (Lipinski definition) is 0. The van der Waals surface area contributed by atoms with E-state index < -0.39 is 0 Å². The van der Waals surface area contributed by atoms with Gasteiger partial charge in [-0.25, -0.2) is 0 Å². The molecule has 0 aromatic carbocycles. The van der Waals surface area contributed by atoms with Gasteiger partial charge in [-0.2, -0.15) is 0 Å². The van der Waals surface area contributed by atoms with Crippen molar-refractivity contribution in [3.8, 4) is 0 Å². The Labute approximate surface area is 130 Å². The van der Waals surface area contributed by atoms with E-state index in [-0.39, 0.29) is 0 Å². The highest BCUT2D eigenvalue weighted by atomic mass is 14.0. The van der Waals surface area contributed by atoms with E-state index in [9.17, 15) is 0 Å². The molecule has 0 aliphatic heterocycles. The second-order valence-electron chi connectivity index (χ2n) is 6.66. The van der Waals surface area contributed by atoms with E-state index in [2.05, 4.69) is 13.8 Å². The van der Waals surface area contributed by atoms with Crippen LogP contribution in [0.3, 0.4) is 0 Å². The van der Waals surface area contributed by atoms with Gasteiger partial charge in [0, 0.05) is 0 Å². The maximum Gasteiger partial charge on any atom is -0.0533 e. The summed E-state index contributed by atoms with van der Waals surface area (Å²) in [5, 5.41) is 0. The predicted molar refractivity (Wildman–Crippen MR) is 94.5 cm³/mol. The highest BCUT2D eigenvalue weighted by Gasteiger charge is 1.95. The predicted octanol–water partition coefficient (Wildman–Crippen LogP) is 8.05. The zero-order valence-electron chi connectivity index (χ0n) is 14.7. The average molecular weight is 283 g/mol. The second kappa shape index (κ2) is 19.0. The van der Waals surface area contributed by atoms with Gasteiger partial charge in [0.1, 0.15) is 0 Å². The standard InChI is InChI=1S/C12H26.C8H16/c1-3-5-7-9-11-12-10-8-6-4-2;1-2-4-6-8-7-5-3-1/h3-12H2,1-2H3;1-8H2. The molecule has 1 saturated carbocycles. The maximum absolute atomic E-state index is 2.28. The highest BCUT2D eigenvalue weighted by molar-refractivity contribution is 4.51. The first kappa shape index (κ1) is 20.0. The zero-order valence-corrected chi connectivity index (χ0v) is 14.7. The summed E-state index contributed by atoms with van der Waals surface area (Å²) in [7, 11) is 0. The average Bonchev–Trinajstić information content (AvgIpc) is 2.42. The Morgan fingerprint density at radius 3 is 0.750 bits per heavy atom. The minimum absolute atomic E-state index is 1.37. The van der Waals surface area contributed by atoms with E-state index in [1.54, 1.807) is 0 Å². The summed E-state index contributed by atoms with van der Waals surface area (Å²) in [6.45, 7) is 4.56. The lowest BCUT2D eigenvalue weighted by Gasteiger charge is -2.05. The summed E-state index contributed by atoms with van der Waals surface area (Å²) in [5.41, 5.74) is 0. The van der Waals surface area contributed by atoms with Gasteiger partial charge in [-0.3, -0.25) is 0 Å². The molecule has 0 spiro atoms. The van der Waals surface area contributed by atoms with E-state index in [0.717, 1.165) is 0 Å². The number of rotatable bonds is 9. The van der Waals surface area contributed by atoms with Crippen molar-refractivity contribution in [2.45, 2.75) is 129 Å². The molecular weight excluding hydrogens is 240 g/mol. The van der Waals surface area contributed by atoms with Crippen molar-refractivity contribution in [1.82, 2.24) is 0 Å². The van der Waals surface area contributed by atoms with E-state index in [1.165, 1.54) is 116 Å². The van der Waals surface area contributed by atoms with Gasteiger partial charge >= 0.3 is 0 Å². The monoisotopic (exact) mass is 282 g/mol. The SMILES string of the molecule is C1CCCCCCC1.CCCCCCCCCCCC. The van der Waals surface area contributed by atoms with Gasteiger partial charge in [-0.1, -0.05) is 129 Å². The minimum atomic E-state index is 1.37. The third kappa shape index (κ3) is 18.0. The third-order valence-electron chi connectivity index (χ3n) is 4.46. The molecule has 1 aliphatic carbocycles. The topological polar surface area (TPSA) is 0 Å². The fourth-order valence-electron chi connectivity index (χ4n) is 2.97. The van der Waals surface area contributed by atoms with Gasteiger partial charge < -0.3 is 0 Å². The summed E-state index contributed by atoms with van der Waals surface area (Å²) >= 11 is 0. The van der Waals surface area contributed by atoms with Gasteiger partial charge in [-0.15, -0.1) is 0 Å². The molecule has 0 heterocycles. The van der Waals surface area contributed by atoms with Crippen molar-refractivity contribution in [2.24, 2.45) is 0 Å². The molecule has 1 rings (SSSR count). The number of hydrogen-bond donors (Lipinski definition) is 0. The van der Waals surface area contributed by atoms with E-state index in [0.29, 0.717) is 0 Å². The van der Waals surface area contributed by atoms with Crippen LogP contribution in [0, 0.1) is 0 Å². The molecule has 0 N–H and O–H groups in total. The molecule has 0 aromatic heterocycles. The highest BCUT2D eigenvalue weighted by Crippen LogP contribution is 2.15. The van der Waals surface area contributed by atoms with Crippen LogP contribution in [0.25, 0.3) is 0 Å². The van der Waals surface area contributed by atoms with Crippen molar-refractivity contribution in [2.75, 3.05) is 0 Å². The lowest BCUT2D eigenvalue weighted by molar-refractivity contribution is 0.504. The van der Waals surface area contributed by atoms with Crippen molar-refractivity contribution >= 4 is 0 Å². The Bertz CT molecular complexity index is 116. The van der Waals surface area contributed by atoms with Crippen LogP contribution in [0.1, 0.15) is 129 Å². The fourth-order valence-corrected chi connectivity index (χ4v) is 2.97. The third-order valence-corrected chi connectivity index (χ3v) is 4.46. The van der Waals surface area contributed by atoms with Crippen LogP contribution in [-0.4, -0.2) is 0 Å². The molecule has 122 valence electrons. The van der Waals surface area contributed by atoms with E-state index in [4.69, 9.17) is 0 Å². The first-order valence-corrected chi connectivity index (χ1v) is 9.91. The maximum atomic E-state index is 2.28. The Kier molecular flexibility index (Phi) is 19.0. The Balaban J connectivity index is 0.000000388. The van der Waals surface area contributed by atoms with Gasteiger partial charge in [0.2, 0.25) is 0 Å². The van der Waals surface area contributed by atoms with Crippen LogP contribution < -0.4 is 0 Å². The van der Waals surface area contributed by atoms with E-state index >= 15 is 0 Å². The smallest absolute Gasteiger partial charge is 0.0533 e. The normalized spacial score (nSPS) is 15.9. The molecule has 0 amide bonds. The number of unbranched alkanes of at least 4 members (excludes halogenated alkanes) is 9. The van der Waals surface area contributed by atoms with Gasteiger partial charge in [0.05, 0.1) is 0 Å². The molecule has 0 heteroatoms. The molecule has 20 heavy (non-hydrogen) atoms. The van der Waals surface area contributed by atoms with Crippen LogP contribution in [0.4, 0.5) is 0 Å². The lowest BCUT2D eigenvalue weighted by Crippen LogP contribution is -1.85. The van der Waals surface area contributed by atoms with Crippen molar-refractivity contribution in [3.05, 3.63) is 0 Å². The molecule has 0 atom stereocenters. The van der Waals surface area contributed by atoms with Crippen LogP contribution in [-0.2, 0) is 0 Å². The second-order valence-corrected chi connectivity index (χ2v) is 6.66. The van der Waals surface area contributed by atoms with Crippen LogP contribution in [0.15, 0.2) is 0 Å². The lowest BCUT2D eigenvalue weighted by atomic mass is 10.0. The molecule has 0 nitrogen and oxygen atoms in total. The summed E-state index contributed by atoms with van der Waals surface area (Å²) in [5.74, 6) is 0. The minimum Gasteiger partial charge on any atom is -0.0654 e. The van der Waals surface area contributed by atoms with Crippen molar-refractivity contribution in [1.29, 1.82) is 0 Å². The van der Waals surface area contributed by atoms with Crippen molar-refractivity contribution in [3.63, 3.8) is 0 Å². The Morgan fingerprint density at radius 1 is 0.350 bits per heavy atom. The molecular formula is C20H42. The quantitative estimate of drug-likeness (QED) is 0.375. The van der Waals surface area contributed by atoms with Gasteiger partial charge in [0.25, 0.3) is 0 Å². The van der Waals surface area contributed by atoms with Crippen LogP contribution >= 0.6 is 0 Å². The van der Waals surface area contributed by atoms with Crippen LogP contribution in [0.2, 0.25) is 0 Å². The molecule has 0 saturated heterocycles. The molecule has 0 aromatic rings. The van der Waals surface area contributed by atoms with Gasteiger partial charge in [0.15, 0.2) is 0 Å². The fraction of sp³-hybridized carbons (Fsp3) is 1.00. The summed E-state index contributed by atoms with van der Waals surface area (Å²) in [4.78, 5) is 0. The zero-order chi connectivity index (χ0) is 14.7. The first-order valence-electron chi connectivity index (χ1n) is 9.91. The molecule has 1 fully saturated rings. The summed E-state index contributed by atoms with van der Waals surface area (Å²) in [6, 6.07) is 0. The summed E-state index contributed by atoms with van der Waals surface area (Å²) < 4.78 is 0. The van der Waals surface area contributed by atoms with Crippen molar-refractivity contribution < 1.29 is 0 Å². The Hall–Kier alpha value is 0. The molecule has 0 bridgehead atoms. The Morgan fingerprint density at radius 2 is 0.550 bits per heavy atom.